The van der Waals surface area contributed by atoms with Crippen LogP contribution in [0.25, 0.3) is 0 Å². The molecule has 0 unspecified atom stereocenters. The molecule has 0 radical (unpaired) electrons. The Balaban J connectivity index is 1.67. The molecule has 2 aliphatic rings. The highest BCUT2D eigenvalue weighted by molar-refractivity contribution is 5.82. The van der Waals surface area contributed by atoms with Crippen molar-refractivity contribution < 1.29 is 49.3 Å². The number of esters is 1. The van der Waals surface area contributed by atoms with Crippen molar-refractivity contribution in [2.75, 3.05) is 13.2 Å². The predicted molar refractivity (Wildman–Crippen MR) is 130 cm³/mol. The van der Waals surface area contributed by atoms with Gasteiger partial charge in [-0.1, -0.05) is 38.2 Å². The maximum absolute atomic E-state index is 12.1. The number of carboxylic acids is 1. The quantitative estimate of drug-likeness (QED) is 0.0882. The molecule has 208 valence electrons. The van der Waals surface area contributed by atoms with Crippen LogP contribution in [0.5, 0.6) is 0 Å². The summed E-state index contributed by atoms with van der Waals surface area (Å²) in [6, 6.07) is 0. The van der Waals surface area contributed by atoms with E-state index in [2.05, 4.69) is 0 Å². The van der Waals surface area contributed by atoms with Gasteiger partial charge in [0.15, 0.2) is 0 Å². The highest BCUT2D eigenvalue weighted by atomic mass is 16.6. The molecule has 36 heavy (non-hydrogen) atoms. The Morgan fingerprint density at radius 3 is 2.36 bits per heavy atom. The van der Waals surface area contributed by atoms with Crippen molar-refractivity contribution in [3.05, 3.63) is 11.6 Å². The van der Waals surface area contributed by atoms with E-state index >= 15 is 0 Å². The predicted octanol–water partition coefficient (Wildman–Crippen LogP) is 1.71. The molecule has 10 heteroatoms. The lowest BCUT2D eigenvalue weighted by Gasteiger charge is -2.43. The Morgan fingerprint density at radius 2 is 1.72 bits per heavy atom. The molecule has 0 aromatic heterocycles. The minimum atomic E-state index is -1.67. The highest BCUT2D eigenvalue weighted by Gasteiger charge is 2.54. The van der Waals surface area contributed by atoms with Gasteiger partial charge in [0.25, 0.3) is 0 Å². The number of epoxide rings is 1. The maximum Gasteiger partial charge on any atom is 0.330 e. The fraction of sp³-hybridized carbons (Fsp3) is 0.846. The third kappa shape index (κ3) is 9.72. The molecule has 5 N–H and O–H groups in total. The summed E-state index contributed by atoms with van der Waals surface area (Å²) in [5, 5.41) is 50.4. The summed E-state index contributed by atoms with van der Waals surface area (Å²) >= 11 is 0. The summed E-state index contributed by atoms with van der Waals surface area (Å²) in [5.41, 5.74) is -1.04. The fourth-order valence-electron chi connectivity index (χ4n) is 4.60. The lowest BCUT2D eigenvalue weighted by molar-refractivity contribution is -0.236. The van der Waals surface area contributed by atoms with E-state index in [1.54, 1.807) is 13.8 Å². The van der Waals surface area contributed by atoms with Crippen LogP contribution in [0.3, 0.4) is 0 Å². The molecule has 0 aliphatic carbocycles. The Labute approximate surface area is 213 Å². The Kier molecular flexibility index (Phi) is 12.3. The summed E-state index contributed by atoms with van der Waals surface area (Å²) < 4.78 is 16.5. The van der Waals surface area contributed by atoms with Gasteiger partial charge in [0.05, 0.1) is 37.6 Å². The first-order valence-corrected chi connectivity index (χ1v) is 13.0. The molecule has 2 rings (SSSR count). The normalized spacial score (nSPS) is 32.1. The van der Waals surface area contributed by atoms with Crippen LogP contribution >= 0.6 is 0 Å². The van der Waals surface area contributed by atoms with Crippen LogP contribution in [0, 0.1) is 5.92 Å². The molecular weight excluding hydrogens is 472 g/mol. The monoisotopic (exact) mass is 516 g/mol. The van der Waals surface area contributed by atoms with E-state index < -0.39 is 42.0 Å². The number of aliphatic hydroxyl groups is 4. The van der Waals surface area contributed by atoms with E-state index in [-0.39, 0.29) is 44.0 Å². The van der Waals surface area contributed by atoms with Crippen LogP contribution < -0.4 is 0 Å². The topological polar surface area (TPSA) is 166 Å². The molecule has 0 bridgehead atoms. The fourth-order valence-corrected chi connectivity index (χ4v) is 4.60. The third-order valence-electron chi connectivity index (χ3n) is 7.17. The molecule has 0 amide bonds. The largest absolute Gasteiger partial charge is 0.481 e. The zero-order valence-corrected chi connectivity index (χ0v) is 21.7. The van der Waals surface area contributed by atoms with Crippen molar-refractivity contribution in [1.82, 2.24) is 0 Å². The van der Waals surface area contributed by atoms with E-state index in [4.69, 9.17) is 19.3 Å². The average molecular weight is 517 g/mol. The summed E-state index contributed by atoms with van der Waals surface area (Å²) in [5.74, 6) is -1.37. The molecule has 8 atom stereocenters. The van der Waals surface area contributed by atoms with Gasteiger partial charge in [-0.3, -0.25) is 4.79 Å². The number of hydrogen-bond acceptors (Lipinski definition) is 9. The second-order valence-corrected chi connectivity index (χ2v) is 10.5. The van der Waals surface area contributed by atoms with Crippen molar-refractivity contribution in [1.29, 1.82) is 0 Å². The van der Waals surface area contributed by atoms with Crippen LogP contribution in [0.2, 0.25) is 0 Å². The summed E-state index contributed by atoms with van der Waals surface area (Å²) in [7, 11) is 0. The lowest BCUT2D eigenvalue weighted by atomic mass is 9.82. The molecule has 0 spiro atoms. The van der Waals surface area contributed by atoms with Crippen molar-refractivity contribution in [3.63, 3.8) is 0 Å². The Bertz CT molecular complexity index is 738. The highest BCUT2D eigenvalue weighted by Crippen LogP contribution is 2.40. The van der Waals surface area contributed by atoms with E-state index in [9.17, 15) is 30.0 Å². The van der Waals surface area contributed by atoms with Gasteiger partial charge >= 0.3 is 11.9 Å². The van der Waals surface area contributed by atoms with Gasteiger partial charge in [-0.05, 0) is 33.1 Å². The van der Waals surface area contributed by atoms with E-state index in [0.717, 1.165) is 32.1 Å². The van der Waals surface area contributed by atoms with Crippen molar-refractivity contribution in [3.8, 4) is 0 Å². The van der Waals surface area contributed by atoms with Gasteiger partial charge in [0.2, 0.25) is 0 Å². The minimum absolute atomic E-state index is 0.0865. The number of unbranched alkanes of at least 4 members (excludes halogenated alkanes) is 5. The number of ether oxygens (including phenoxy) is 3. The Hall–Kier alpha value is -1.56. The second-order valence-electron chi connectivity index (χ2n) is 10.5. The lowest BCUT2D eigenvalue weighted by Crippen LogP contribution is -2.61. The van der Waals surface area contributed by atoms with Gasteiger partial charge in [0.1, 0.15) is 17.8 Å². The first kappa shape index (κ1) is 30.7. The number of hydrogen-bond donors (Lipinski definition) is 5. The first-order chi connectivity index (χ1) is 16.9. The number of rotatable bonds is 16. The smallest absolute Gasteiger partial charge is 0.330 e. The molecule has 2 heterocycles. The molecule has 0 aromatic rings. The van der Waals surface area contributed by atoms with Gasteiger partial charge in [-0.15, -0.1) is 0 Å². The van der Waals surface area contributed by atoms with Gasteiger partial charge in [-0.25, -0.2) is 4.79 Å². The summed E-state index contributed by atoms with van der Waals surface area (Å²) in [6.45, 7) is 5.35. The molecular formula is C26H44O10. The van der Waals surface area contributed by atoms with Crippen LogP contribution in [0.1, 0.15) is 78.6 Å². The summed E-state index contributed by atoms with van der Waals surface area (Å²) in [6.07, 6.45) is 2.29. The zero-order chi connectivity index (χ0) is 26.9. The first-order valence-electron chi connectivity index (χ1n) is 13.0. The van der Waals surface area contributed by atoms with Crippen molar-refractivity contribution >= 4 is 11.9 Å². The van der Waals surface area contributed by atoms with Gasteiger partial charge < -0.3 is 39.7 Å². The Morgan fingerprint density at radius 1 is 1.08 bits per heavy atom. The van der Waals surface area contributed by atoms with E-state index in [1.807, 2.05) is 6.92 Å². The standard InChI is InChI=1S/C26H44O10/c1-16(13-22(30)34-11-9-7-5-4-6-8-10-21(28)29)12-19-23(31)25(32)26(33,15-35-19)14-20-24(36-20)17(2)18(3)27/h13,17-20,23-25,27,31-33H,4-12,14-15H2,1-3H3,(H,28,29)/b16-13+/t17-,18+,19-,20-,23-,24-,25+,26+/m1/s1. The average Bonchev–Trinajstić information content (AvgIpc) is 3.56. The second kappa shape index (κ2) is 14.4. The molecule has 0 saturated carbocycles. The SMILES string of the molecule is C/C(=C\C(=O)OCCCCCCCCC(=O)O)C[C@H]1OC[C@@](O)(C[C@H]2O[C@@H]2[C@H](C)[C@H](C)O)[C@@H](O)[C@@H]1O. The maximum atomic E-state index is 12.1. The molecule has 2 aliphatic heterocycles. The number of carbonyl (C=O) groups is 2. The number of aliphatic hydroxyl groups excluding tert-OH is 3. The zero-order valence-electron chi connectivity index (χ0n) is 21.7. The van der Waals surface area contributed by atoms with Crippen LogP contribution in [0.4, 0.5) is 0 Å². The summed E-state index contributed by atoms with van der Waals surface area (Å²) in [4.78, 5) is 22.5. The number of aliphatic carboxylic acids is 1. The number of carbonyl (C=O) groups excluding carboxylic acids is 1. The van der Waals surface area contributed by atoms with E-state index in [0.29, 0.717) is 18.6 Å². The van der Waals surface area contributed by atoms with Gasteiger partial charge in [0, 0.05) is 24.8 Å². The molecule has 2 saturated heterocycles. The van der Waals surface area contributed by atoms with Crippen LogP contribution in [-0.4, -0.2) is 92.9 Å². The van der Waals surface area contributed by atoms with Crippen LogP contribution in [-0.2, 0) is 23.8 Å². The van der Waals surface area contributed by atoms with Crippen LogP contribution in [0.15, 0.2) is 11.6 Å². The molecule has 2 fully saturated rings. The molecule has 10 nitrogen and oxygen atoms in total. The number of carboxylic acid groups (broad SMARTS) is 1. The van der Waals surface area contributed by atoms with Crippen molar-refractivity contribution in [2.24, 2.45) is 5.92 Å². The van der Waals surface area contributed by atoms with Crippen molar-refractivity contribution in [2.45, 2.75) is 121 Å². The molecule has 0 aromatic carbocycles. The third-order valence-corrected chi connectivity index (χ3v) is 7.17. The van der Waals surface area contributed by atoms with E-state index in [1.165, 1.54) is 6.08 Å². The minimum Gasteiger partial charge on any atom is -0.481 e. The van der Waals surface area contributed by atoms with Gasteiger partial charge in [-0.2, -0.15) is 0 Å².